The van der Waals surface area contributed by atoms with E-state index in [0.29, 0.717) is 18.2 Å². The Labute approximate surface area is 76.3 Å². The standard InChI is InChI=1S/C9H12N2O2/c1-5(2)9-11-6-3-4-10-8(12)7(6)13-9/h5H,3-4H2,1-2H3,(H,10,12). The Hall–Kier alpha value is -1.32. The molecule has 1 aliphatic heterocycles. The quantitative estimate of drug-likeness (QED) is 0.703. The number of nitrogens with one attached hydrogen (secondary N) is 1. The Morgan fingerprint density at radius 2 is 2.31 bits per heavy atom. The summed E-state index contributed by atoms with van der Waals surface area (Å²) in [7, 11) is 0. The number of aromatic nitrogens is 1. The van der Waals surface area contributed by atoms with Gasteiger partial charge in [-0.2, -0.15) is 0 Å². The third-order valence-corrected chi connectivity index (χ3v) is 2.06. The van der Waals surface area contributed by atoms with Crippen molar-refractivity contribution in [3.8, 4) is 0 Å². The third-order valence-electron chi connectivity index (χ3n) is 2.06. The van der Waals surface area contributed by atoms with Crippen LogP contribution in [0.15, 0.2) is 4.42 Å². The minimum atomic E-state index is -0.138. The summed E-state index contributed by atoms with van der Waals surface area (Å²) in [6.45, 7) is 4.65. The van der Waals surface area contributed by atoms with E-state index >= 15 is 0 Å². The van der Waals surface area contributed by atoms with Gasteiger partial charge < -0.3 is 9.73 Å². The number of fused-ring (bicyclic) bond motifs is 1. The van der Waals surface area contributed by atoms with Gasteiger partial charge in [-0.15, -0.1) is 0 Å². The molecule has 0 atom stereocenters. The summed E-state index contributed by atoms with van der Waals surface area (Å²) < 4.78 is 5.36. The Kier molecular flexibility index (Phi) is 1.83. The summed E-state index contributed by atoms with van der Waals surface area (Å²) in [5, 5.41) is 2.72. The molecule has 0 aliphatic carbocycles. The van der Waals surface area contributed by atoms with Gasteiger partial charge in [0.2, 0.25) is 5.76 Å². The molecule has 0 radical (unpaired) electrons. The average molecular weight is 180 g/mol. The lowest BCUT2D eigenvalue weighted by atomic mass is 10.2. The van der Waals surface area contributed by atoms with Crippen LogP contribution in [0.1, 0.15) is 41.9 Å². The number of carbonyl (C=O) groups is 1. The second kappa shape index (κ2) is 2.87. The monoisotopic (exact) mass is 180 g/mol. The molecule has 0 saturated heterocycles. The Bertz CT molecular complexity index is 341. The highest BCUT2D eigenvalue weighted by Crippen LogP contribution is 2.20. The lowest BCUT2D eigenvalue weighted by molar-refractivity contribution is 0.0914. The van der Waals surface area contributed by atoms with Crippen molar-refractivity contribution in [1.82, 2.24) is 10.3 Å². The van der Waals surface area contributed by atoms with Crippen molar-refractivity contribution >= 4 is 5.91 Å². The fraction of sp³-hybridized carbons (Fsp3) is 0.556. The number of hydrogen-bond donors (Lipinski definition) is 1. The molecule has 1 N–H and O–H groups in total. The fourth-order valence-electron chi connectivity index (χ4n) is 1.34. The molecule has 0 unspecified atom stereocenters. The number of nitrogens with zero attached hydrogens (tertiary/aromatic N) is 1. The van der Waals surface area contributed by atoms with Crippen molar-refractivity contribution in [1.29, 1.82) is 0 Å². The highest BCUT2D eigenvalue weighted by molar-refractivity contribution is 5.93. The molecule has 1 aliphatic rings. The van der Waals surface area contributed by atoms with Gasteiger partial charge in [0.05, 0.1) is 5.69 Å². The second-order valence-electron chi connectivity index (χ2n) is 3.49. The average Bonchev–Trinajstić information content (AvgIpc) is 2.49. The van der Waals surface area contributed by atoms with Crippen LogP contribution in [0.2, 0.25) is 0 Å². The number of amides is 1. The van der Waals surface area contributed by atoms with Crippen LogP contribution in [0.5, 0.6) is 0 Å². The van der Waals surface area contributed by atoms with Gasteiger partial charge in [0.15, 0.2) is 5.89 Å². The third kappa shape index (κ3) is 1.32. The van der Waals surface area contributed by atoms with Crippen molar-refractivity contribution in [2.45, 2.75) is 26.2 Å². The molecule has 2 rings (SSSR count). The predicted octanol–water partition coefficient (Wildman–Crippen LogP) is 1.08. The SMILES string of the molecule is CC(C)c1nc2c(o1)C(=O)NCC2. The van der Waals surface area contributed by atoms with E-state index < -0.39 is 0 Å². The van der Waals surface area contributed by atoms with Crippen molar-refractivity contribution in [2.75, 3.05) is 6.54 Å². The zero-order valence-electron chi connectivity index (χ0n) is 7.76. The second-order valence-corrected chi connectivity index (χ2v) is 3.49. The number of rotatable bonds is 1. The maximum absolute atomic E-state index is 11.3. The lowest BCUT2D eigenvalue weighted by Crippen LogP contribution is -2.31. The molecule has 0 spiro atoms. The number of hydrogen-bond acceptors (Lipinski definition) is 3. The normalized spacial score (nSPS) is 15.8. The predicted molar refractivity (Wildman–Crippen MR) is 46.6 cm³/mol. The highest BCUT2D eigenvalue weighted by atomic mass is 16.4. The summed E-state index contributed by atoms with van der Waals surface area (Å²) in [6, 6.07) is 0. The Balaban J connectivity index is 2.42. The first-order valence-electron chi connectivity index (χ1n) is 4.46. The van der Waals surface area contributed by atoms with Gasteiger partial charge in [0, 0.05) is 18.9 Å². The van der Waals surface area contributed by atoms with E-state index in [1.54, 1.807) is 0 Å². The van der Waals surface area contributed by atoms with E-state index in [1.807, 2.05) is 13.8 Å². The van der Waals surface area contributed by atoms with Gasteiger partial charge in [-0.3, -0.25) is 4.79 Å². The van der Waals surface area contributed by atoms with Gasteiger partial charge >= 0.3 is 0 Å². The zero-order chi connectivity index (χ0) is 9.42. The molecule has 1 aromatic heterocycles. The van der Waals surface area contributed by atoms with Crippen molar-refractivity contribution in [3.63, 3.8) is 0 Å². The first-order chi connectivity index (χ1) is 6.18. The molecule has 2 heterocycles. The van der Waals surface area contributed by atoms with Crippen LogP contribution in [0.3, 0.4) is 0 Å². The first-order valence-corrected chi connectivity index (χ1v) is 4.46. The highest BCUT2D eigenvalue weighted by Gasteiger charge is 2.24. The van der Waals surface area contributed by atoms with E-state index in [0.717, 1.165) is 12.1 Å². The van der Waals surface area contributed by atoms with E-state index in [4.69, 9.17) is 4.42 Å². The minimum Gasteiger partial charge on any atom is -0.435 e. The maximum atomic E-state index is 11.3. The Morgan fingerprint density at radius 1 is 1.54 bits per heavy atom. The van der Waals surface area contributed by atoms with Crippen LogP contribution < -0.4 is 5.32 Å². The lowest BCUT2D eigenvalue weighted by Gasteiger charge is -2.07. The van der Waals surface area contributed by atoms with E-state index in [2.05, 4.69) is 10.3 Å². The molecule has 1 amide bonds. The van der Waals surface area contributed by atoms with Gasteiger partial charge in [-0.05, 0) is 0 Å². The Morgan fingerprint density at radius 3 is 2.92 bits per heavy atom. The van der Waals surface area contributed by atoms with Crippen LogP contribution in [-0.4, -0.2) is 17.4 Å². The molecule has 4 nitrogen and oxygen atoms in total. The largest absolute Gasteiger partial charge is 0.435 e. The molecular weight excluding hydrogens is 168 g/mol. The minimum absolute atomic E-state index is 0.138. The summed E-state index contributed by atoms with van der Waals surface area (Å²) in [6.07, 6.45) is 0.775. The van der Waals surface area contributed by atoms with Crippen molar-refractivity contribution < 1.29 is 9.21 Å². The molecule has 4 heteroatoms. The maximum Gasteiger partial charge on any atom is 0.289 e. The van der Waals surface area contributed by atoms with Crippen LogP contribution in [-0.2, 0) is 6.42 Å². The zero-order valence-corrected chi connectivity index (χ0v) is 7.76. The smallest absolute Gasteiger partial charge is 0.289 e. The molecule has 0 bridgehead atoms. The molecular formula is C9H12N2O2. The van der Waals surface area contributed by atoms with Gasteiger partial charge in [-0.1, -0.05) is 13.8 Å². The molecule has 13 heavy (non-hydrogen) atoms. The van der Waals surface area contributed by atoms with Crippen LogP contribution >= 0.6 is 0 Å². The van der Waals surface area contributed by atoms with E-state index in [9.17, 15) is 4.79 Å². The van der Waals surface area contributed by atoms with Crippen LogP contribution in [0.25, 0.3) is 0 Å². The van der Waals surface area contributed by atoms with Crippen molar-refractivity contribution in [3.05, 3.63) is 17.3 Å². The van der Waals surface area contributed by atoms with Gasteiger partial charge in [0.1, 0.15) is 0 Å². The van der Waals surface area contributed by atoms with E-state index in [-0.39, 0.29) is 11.8 Å². The molecule has 0 fully saturated rings. The summed E-state index contributed by atoms with van der Waals surface area (Å²) in [4.78, 5) is 15.5. The molecule has 1 aromatic rings. The van der Waals surface area contributed by atoms with E-state index in [1.165, 1.54) is 0 Å². The molecule has 0 aromatic carbocycles. The summed E-state index contributed by atoms with van der Waals surface area (Å²) in [5.41, 5.74) is 0.799. The fourth-order valence-corrected chi connectivity index (χ4v) is 1.34. The summed E-state index contributed by atoms with van der Waals surface area (Å²) >= 11 is 0. The number of oxazole rings is 1. The molecule has 70 valence electrons. The van der Waals surface area contributed by atoms with Gasteiger partial charge in [-0.25, -0.2) is 4.98 Å². The van der Waals surface area contributed by atoms with Crippen LogP contribution in [0, 0.1) is 0 Å². The number of carbonyl (C=O) groups excluding carboxylic acids is 1. The van der Waals surface area contributed by atoms with Gasteiger partial charge in [0.25, 0.3) is 5.91 Å². The van der Waals surface area contributed by atoms with Crippen molar-refractivity contribution in [2.24, 2.45) is 0 Å². The molecule has 0 saturated carbocycles. The summed E-state index contributed by atoms with van der Waals surface area (Å²) in [5.74, 6) is 1.15. The first kappa shape index (κ1) is 8.29. The van der Waals surface area contributed by atoms with Crippen LogP contribution in [0.4, 0.5) is 0 Å². The topological polar surface area (TPSA) is 55.1 Å².